The molecule has 0 heterocycles. The van der Waals surface area contributed by atoms with Crippen molar-refractivity contribution in [3.05, 3.63) is 0 Å². The highest BCUT2D eigenvalue weighted by Crippen LogP contribution is 2.31. The van der Waals surface area contributed by atoms with E-state index in [9.17, 15) is 0 Å². The van der Waals surface area contributed by atoms with Gasteiger partial charge in [-0.05, 0) is 43.9 Å². The minimum Gasteiger partial charge on any atom is -0.381 e. The number of methoxy groups -OCH3 is 1. The molecule has 88 valence electrons. The monoisotopic (exact) mass is 211 g/mol. The fraction of sp³-hybridized carbons (Fsp3) is 1.00. The van der Waals surface area contributed by atoms with E-state index in [1.54, 1.807) is 0 Å². The smallest absolute Gasteiger partial charge is 0.0601 e. The van der Waals surface area contributed by atoms with Crippen molar-refractivity contribution in [2.75, 3.05) is 7.11 Å². The van der Waals surface area contributed by atoms with Crippen molar-refractivity contribution >= 4 is 0 Å². The average Bonchev–Trinajstić information content (AvgIpc) is 2.16. The Hall–Kier alpha value is -0.0800. The van der Waals surface area contributed by atoms with E-state index in [0.29, 0.717) is 6.10 Å². The Morgan fingerprint density at radius 3 is 2.27 bits per heavy atom. The van der Waals surface area contributed by atoms with Gasteiger partial charge in [-0.15, -0.1) is 0 Å². The highest BCUT2D eigenvalue weighted by molar-refractivity contribution is 4.90. The molecule has 0 bridgehead atoms. The third kappa shape index (κ3) is 2.73. The average molecular weight is 211 g/mol. The van der Waals surface area contributed by atoms with Gasteiger partial charge in [-0.1, -0.05) is 13.8 Å². The number of ether oxygens (including phenoxy) is 1. The molecule has 2 aliphatic carbocycles. The Morgan fingerprint density at radius 1 is 0.933 bits per heavy atom. The van der Waals surface area contributed by atoms with Gasteiger partial charge in [0, 0.05) is 19.2 Å². The van der Waals surface area contributed by atoms with E-state index in [1.165, 1.54) is 32.1 Å². The van der Waals surface area contributed by atoms with Crippen LogP contribution in [0, 0.1) is 11.8 Å². The van der Waals surface area contributed by atoms with Crippen LogP contribution < -0.4 is 5.32 Å². The van der Waals surface area contributed by atoms with Crippen LogP contribution in [0.2, 0.25) is 0 Å². The van der Waals surface area contributed by atoms with Gasteiger partial charge in [0.25, 0.3) is 0 Å². The van der Waals surface area contributed by atoms with Crippen LogP contribution >= 0.6 is 0 Å². The maximum Gasteiger partial charge on any atom is 0.0601 e. The van der Waals surface area contributed by atoms with Gasteiger partial charge in [0.15, 0.2) is 0 Å². The lowest BCUT2D eigenvalue weighted by molar-refractivity contribution is 0.0110. The van der Waals surface area contributed by atoms with Crippen molar-refractivity contribution in [3.8, 4) is 0 Å². The second-order valence-electron chi connectivity index (χ2n) is 5.66. The minimum absolute atomic E-state index is 0.530. The molecule has 2 aliphatic rings. The predicted octanol–water partition coefficient (Wildman–Crippen LogP) is 2.58. The largest absolute Gasteiger partial charge is 0.381 e. The van der Waals surface area contributed by atoms with Gasteiger partial charge in [0.05, 0.1) is 6.10 Å². The van der Waals surface area contributed by atoms with E-state index < -0.39 is 0 Å². The Bertz CT molecular complexity index is 201. The van der Waals surface area contributed by atoms with E-state index in [4.69, 9.17) is 4.74 Å². The SMILES string of the molecule is COC1CC(NC2CCC(C)C(C)C2)C1. The number of hydrogen-bond donors (Lipinski definition) is 1. The van der Waals surface area contributed by atoms with Crippen LogP contribution in [0.4, 0.5) is 0 Å². The van der Waals surface area contributed by atoms with E-state index in [1.807, 2.05) is 7.11 Å². The summed E-state index contributed by atoms with van der Waals surface area (Å²) in [5, 5.41) is 3.79. The zero-order valence-electron chi connectivity index (χ0n) is 10.3. The molecule has 0 amide bonds. The molecule has 0 aromatic carbocycles. The summed E-state index contributed by atoms with van der Waals surface area (Å²) < 4.78 is 5.30. The molecule has 0 saturated heterocycles. The van der Waals surface area contributed by atoms with Crippen molar-refractivity contribution in [2.24, 2.45) is 11.8 Å². The lowest BCUT2D eigenvalue weighted by Gasteiger charge is -2.40. The van der Waals surface area contributed by atoms with Crippen molar-refractivity contribution in [2.45, 2.75) is 64.1 Å². The normalized spacial score (nSPS) is 46.2. The fourth-order valence-electron chi connectivity index (χ4n) is 2.93. The molecular formula is C13H25NO. The van der Waals surface area contributed by atoms with E-state index in [0.717, 1.165) is 23.9 Å². The third-order valence-corrected chi connectivity index (χ3v) is 4.50. The van der Waals surface area contributed by atoms with Gasteiger partial charge in [-0.2, -0.15) is 0 Å². The summed E-state index contributed by atoms with van der Waals surface area (Å²) in [6, 6.07) is 1.51. The molecule has 15 heavy (non-hydrogen) atoms. The van der Waals surface area contributed by atoms with E-state index in [-0.39, 0.29) is 0 Å². The molecule has 0 spiro atoms. The van der Waals surface area contributed by atoms with Crippen LogP contribution in [0.15, 0.2) is 0 Å². The van der Waals surface area contributed by atoms with Gasteiger partial charge < -0.3 is 10.1 Å². The summed E-state index contributed by atoms with van der Waals surface area (Å²) >= 11 is 0. The number of rotatable bonds is 3. The van der Waals surface area contributed by atoms with Gasteiger partial charge in [-0.25, -0.2) is 0 Å². The molecule has 0 aliphatic heterocycles. The quantitative estimate of drug-likeness (QED) is 0.774. The molecular weight excluding hydrogens is 186 g/mol. The standard InChI is InChI=1S/C13H25NO/c1-9-4-5-11(6-10(9)2)14-12-7-13(8-12)15-3/h9-14H,4-8H2,1-3H3. The van der Waals surface area contributed by atoms with Crippen LogP contribution in [-0.2, 0) is 4.74 Å². The van der Waals surface area contributed by atoms with Gasteiger partial charge in [-0.3, -0.25) is 0 Å². The fourth-order valence-corrected chi connectivity index (χ4v) is 2.93. The highest BCUT2D eigenvalue weighted by atomic mass is 16.5. The van der Waals surface area contributed by atoms with Crippen LogP contribution in [-0.4, -0.2) is 25.3 Å². The maximum atomic E-state index is 5.30. The number of hydrogen-bond acceptors (Lipinski definition) is 2. The van der Waals surface area contributed by atoms with Gasteiger partial charge in [0.2, 0.25) is 0 Å². The molecule has 2 fully saturated rings. The summed E-state index contributed by atoms with van der Waals surface area (Å²) in [5.74, 6) is 1.82. The molecule has 2 nitrogen and oxygen atoms in total. The van der Waals surface area contributed by atoms with Crippen LogP contribution in [0.25, 0.3) is 0 Å². The van der Waals surface area contributed by atoms with Gasteiger partial charge >= 0.3 is 0 Å². The Morgan fingerprint density at radius 2 is 1.67 bits per heavy atom. The topological polar surface area (TPSA) is 21.3 Å². The molecule has 2 saturated carbocycles. The first-order valence-electron chi connectivity index (χ1n) is 6.48. The third-order valence-electron chi connectivity index (χ3n) is 4.50. The van der Waals surface area contributed by atoms with Crippen molar-refractivity contribution in [1.29, 1.82) is 0 Å². The highest BCUT2D eigenvalue weighted by Gasteiger charge is 2.32. The molecule has 3 unspecified atom stereocenters. The van der Waals surface area contributed by atoms with Crippen molar-refractivity contribution < 1.29 is 4.74 Å². The summed E-state index contributed by atoms with van der Waals surface area (Å²) in [5.41, 5.74) is 0. The molecule has 2 heteroatoms. The molecule has 1 N–H and O–H groups in total. The van der Waals surface area contributed by atoms with Crippen molar-refractivity contribution in [3.63, 3.8) is 0 Å². The molecule has 3 atom stereocenters. The minimum atomic E-state index is 0.530. The van der Waals surface area contributed by atoms with Crippen LogP contribution in [0.1, 0.15) is 46.0 Å². The van der Waals surface area contributed by atoms with Gasteiger partial charge in [0.1, 0.15) is 0 Å². The summed E-state index contributed by atoms with van der Waals surface area (Å²) in [6.45, 7) is 4.79. The van der Waals surface area contributed by atoms with E-state index in [2.05, 4.69) is 19.2 Å². The molecule has 0 radical (unpaired) electrons. The summed E-state index contributed by atoms with van der Waals surface area (Å²) in [4.78, 5) is 0. The summed E-state index contributed by atoms with van der Waals surface area (Å²) in [6.07, 6.45) is 7.12. The van der Waals surface area contributed by atoms with E-state index >= 15 is 0 Å². The lowest BCUT2D eigenvalue weighted by Crippen LogP contribution is -2.50. The van der Waals surface area contributed by atoms with Crippen LogP contribution in [0.5, 0.6) is 0 Å². The second kappa shape index (κ2) is 4.84. The zero-order valence-corrected chi connectivity index (χ0v) is 10.3. The zero-order chi connectivity index (χ0) is 10.8. The Labute approximate surface area is 93.8 Å². The molecule has 2 rings (SSSR count). The predicted molar refractivity (Wildman–Crippen MR) is 62.9 cm³/mol. The first-order valence-corrected chi connectivity index (χ1v) is 6.48. The maximum absolute atomic E-state index is 5.30. The lowest BCUT2D eigenvalue weighted by atomic mass is 9.78. The number of nitrogens with one attached hydrogen (secondary N) is 1. The second-order valence-corrected chi connectivity index (χ2v) is 5.66. The van der Waals surface area contributed by atoms with Crippen molar-refractivity contribution in [1.82, 2.24) is 5.32 Å². The Kier molecular flexibility index (Phi) is 3.68. The first-order chi connectivity index (χ1) is 7.19. The molecule has 0 aromatic rings. The Balaban J connectivity index is 1.68. The summed E-state index contributed by atoms with van der Waals surface area (Å²) in [7, 11) is 1.82. The first kappa shape index (κ1) is 11.4. The molecule has 0 aromatic heterocycles. The van der Waals surface area contributed by atoms with Crippen LogP contribution in [0.3, 0.4) is 0 Å².